The van der Waals surface area contributed by atoms with Gasteiger partial charge >= 0.3 is 5.37 Å². The first-order valence-electron chi connectivity index (χ1n) is 3.55. The number of carbonyl (C=O) groups is 1. The van der Waals surface area contributed by atoms with Gasteiger partial charge in [-0.3, -0.25) is 4.79 Å². The number of rotatable bonds is 2. The second kappa shape index (κ2) is 3.93. The Balaban J connectivity index is 3.16. The van der Waals surface area contributed by atoms with Gasteiger partial charge in [-0.2, -0.15) is 8.42 Å². The van der Waals surface area contributed by atoms with Gasteiger partial charge in [-0.1, -0.05) is 6.07 Å². The number of hydrogen-bond donors (Lipinski definition) is 0. The number of hydrogen-bond acceptors (Lipinski definition) is 4. The smallest absolute Gasteiger partial charge is 0.254 e. The fourth-order valence-electron chi connectivity index (χ4n) is 0.734. The summed E-state index contributed by atoms with van der Waals surface area (Å²) in [7, 11) is -2.83. The van der Waals surface area contributed by atoms with Crippen LogP contribution in [0.2, 0.25) is 0 Å². The van der Waals surface area contributed by atoms with Gasteiger partial charge in [0, 0.05) is 13.2 Å². The lowest BCUT2D eigenvalue weighted by molar-refractivity contribution is 0.249. The Morgan fingerprint density at radius 1 is 1.50 bits per heavy atom. The van der Waals surface area contributed by atoms with E-state index in [1.54, 1.807) is 6.07 Å². The topological polar surface area (TPSA) is 67.3 Å². The average Bonchev–Trinajstić information content (AvgIpc) is 2.18. The van der Waals surface area contributed by atoms with Crippen molar-refractivity contribution in [2.75, 3.05) is 7.05 Å². The summed E-state index contributed by atoms with van der Waals surface area (Å²) in [5.74, 6) is 0. The van der Waals surface area contributed by atoms with Crippen LogP contribution in [0.4, 0.5) is 4.79 Å². The van der Waals surface area contributed by atoms with E-state index in [1.807, 2.05) is 0 Å². The third-order valence-corrected chi connectivity index (χ3v) is 3.52. The van der Waals surface area contributed by atoms with Gasteiger partial charge in [0.15, 0.2) is 5.03 Å². The quantitative estimate of drug-likeness (QED) is 0.567. The predicted octanol–water partition coefficient (Wildman–Crippen LogP) is 1.06. The first-order chi connectivity index (χ1) is 6.46. The van der Waals surface area contributed by atoms with E-state index in [4.69, 9.17) is 11.6 Å². The van der Waals surface area contributed by atoms with Gasteiger partial charge in [0.05, 0.1) is 0 Å². The second-order valence-electron chi connectivity index (χ2n) is 2.39. The zero-order chi connectivity index (χ0) is 10.8. The molecule has 0 fully saturated rings. The van der Waals surface area contributed by atoms with Gasteiger partial charge in [0.1, 0.15) is 0 Å². The molecule has 0 radical (unpaired) electrons. The van der Waals surface area contributed by atoms with Crippen LogP contribution in [0.3, 0.4) is 0 Å². The van der Waals surface area contributed by atoms with Gasteiger partial charge in [-0.15, -0.1) is 0 Å². The molecule has 0 saturated heterocycles. The molecule has 0 aliphatic heterocycles. The number of pyridine rings is 1. The molecule has 7 heteroatoms. The molecule has 0 bridgehead atoms. The summed E-state index contributed by atoms with van der Waals surface area (Å²) < 4.78 is 23.5. The highest BCUT2D eigenvalue weighted by Gasteiger charge is 2.24. The molecule has 14 heavy (non-hydrogen) atoms. The van der Waals surface area contributed by atoms with E-state index >= 15 is 0 Å². The number of halogens is 1. The molecule has 1 aromatic heterocycles. The van der Waals surface area contributed by atoms with Crippen molar-refractivity contribution in [3.8, 4) is 0 Å². The fraction of sp³-hybridized carbons (Fsp3) is 0.143. The van der Waals surface area contributed by atoms with Crippen molar-refractivity contribution in [1.82, 2.24) is 9.29 Å². The molecule has 0 aromatic carbocycles. The maximum absolute atomic E-state index is 11.5. The Hall–Kier alpha value is -1.14. The Labute approximate surface area is 86.4 Å². The lowest BCUT2D eigenvalue weighted by atomic mass is 10.5. The minimum absolute atomic E-state index is 0.212. The Bertz CT molecular complexity index is 432. The number of sulfonamides is 1. The molecule has 0 spiro atoms. The molecule has 0 aliphatic carbocycles. The zero-order valence-electron chi connectivity index (χ0n) is 7.21. The largest absolute Gasteiger partial charge is 0.329 e. The standard InChI is InChI=1S/C7H7ClN2O3S/c1-10(7(8)11)14(12,13)6-4-2-3-5-9-6/h2-5H,1H3. The van der Waals surface area contributed by atoms with E-state index in [2.05, 4.69) is 4.98 Å². The minimum Gasteiger partial charge on any atom is -0.254 e. The number of amides is 1. The highest BCUT2D eigenvalue weighted by Crippen LogP contribution is 2.11. The van der Waals surface area contributed by atoms with E-state index in [-0.39, 0.29) is 5.03 Å². The van der Waals surface area contributed by atoms with Crippen molar-refractivity contribution in [2.24, 2.45) is 0 Å². The fourth-order valence-corrected chi connectivity index (χ4v) is 1.92. The molecule has 1 aromatic rings. The number of carbonyl (C=O) groups excluding carboxylic acids is 1. The molecule has 1 rings (SSSR count). The summed E-state index contributed by atoms with van der Waals surface area (Å²) >= 11 is 5.04. The van der Waals surface area contributed by atoms with Crippen molar-refractivity contribution >= 4 is 27.0 Å². The van der Waals surface area contributed by atoms with Crippen molar-refractivity contribution in [2.45, 2.75) is 5.03 Å². The molecule has 0 unspecified atom stereocenters. The van der Waals surface area contributed by atoms with Crippen LogP contribution >= 0.6 is 11.6 Å². The minimum atomic E-state index is -3.90. The van der Waals surface area contributed by atoms with Crippen LogP contribution in [0, 0.1) is 0 Å². The summed E-state index contributed by atoms with van der Waals surface area (Å²) in [6.07, 6.45) is 1.32. The predicted molar refractivity (Wildman–Crippen MR) is 50.4 cm³/mol. The van der Waals surface area contributed by atoms with Crippen LogP contribution in [-0.4, -0.2) is 30.1 Å². The Morgan fingerprint density at radius 2 is 2.14 bits per heavy atom. The molecule has 0 atom stereocenters. The molecular weight excluding hydrogens is 228 g/mol. The van der Waals surface area contributed by atoms with Crippen LogP contribution in [0.25, 0.3) is 0 Å². The maximum atomic E-state index is 11.5. The van der Waals surface area contributed by atoms with E-state index in [9.17, 15) is 13.2 Å². The molecule has 0 aliphatic rings. The van der Waals surface area contributed by atoms with Crippen molar-refractivity contribution in [3.63, 3.8) is 0 Å². The summed E-state index contributed by atoms with van der Waals surface area (Å²) in [5.41, 5.74) is 0. The van der Waals surface area contributed by atoms with Crippen molar-refractivity contribution in [3.05, 3.63) is 24.4 Å². The number of nitrogens with zero attached hydrogens (tertiary/aromatic N) is 2. The average molecular weight is 235 g/mol. The van der Waals surface area contributed by atoms with Gasteiger partial charge in [0.2, 0.25) is 0 Å². The van der Waals surface area contributed by atoms with Crippen LogP contribution in [0.15, 0.2) is 29.4 Å². The molecule has 0 N–H and O–H groups in total. The highest BCUT2D eigenvalue weighted by molar-refractivity contribution is 7.89. The van der Waals surface area contributed by atoms with Gasteiger partial charge < -0.3 is 0 Å². The van der Waals surface area contributed by atoms with E-state index in [1.165, 1.54) is 18.3 Å². The van der Waals surface area contributed by atoms with E-state index < -0.39 is 15.4 Å². The summed E-state index contributed by atoms with van der Waals surface area (Å²) in [6, 6.07) is 4.36. The van der Waals surface area contributed by atoms with Crippen LogP contribution in [0.5, 0.6) is 0 Å². The van der Waals surface area contributed by atoms with Gasteiger partial charge in [-0.05, 0) is 23.7 Å². The molecule has 5 nitrogen and oxygen atoms in total. The van der Waals surface area contributed by atoms with Crippen LogP contribution < -0.4 is 0 Å². The second-order valence-corrected chi connectivity index (χ2v) is 4.63. The Morgan fingerprint density at radius 3 is 2.57 bits per heavy atom. The van der Waals surface area contributed by atoms with E-state index in [0.717, 1.165) is 7.05 Å². The lowest BCUT2D eigenvalue weighted by Gasteiger charge is -2.12. The molecular formula is C7H7ClN2O3S. The molecule has 0 saturated carbocycles. The first-order valence-corrected chi connectivity index (χ1v) is 5.37. The van der Waals surface area contributed by atoms with Gasteiger partial charge in [0.25, 0.3) is 10.0 Å². The summed E-state index contributed by atoms with van der Waals surface area (Å²) in [4.78, 5) is 14.3. The third-order valence-electron chi connectivity index (χ3n) is 1.51. The summed E-state index contributed by atoms with van der Waals surface area (Å²) in [6.45, 7) is 0. The molecule has 76 valence electrons. The van der Waals surface area contributed by atoms with Gasteiger partial charge in [-0.25, -0.2) is 9.29 Å². The molecule has 1 heterocycles. The zero-order valence-corrected chi connectivity index (χ0v) is 8.79. The lowest BCUT2D eigenvalue weighted by Crippen LogP contribution is -2.29. The van der Waals surface area contributed by atoms with Crippen molar-refractivity contribution < 1.29 is 13.2 Å². The van der Waals surface area contributed by atoms with Crippen molar-refractivity contribution in [1.29, 1.82) is 0 Å². The number of aromatic nitrogens is 1. The van der Waals surface area contributed by atoms with E-state index in [0.29, 0.717) is 4.31 Å². The van der Waals surface area contributed by atoms with Crippen LogP contribution in [0.1, 0.15) is 0 Å². The molecule has 1 amide bonds. The summed E-state index contributed by atoms with van der Waals surface area (Å²) in [5, 5.41) is -1.29. The Kier molecular flexibility index (Phi) is 3.07. The highest BCUT2D eigenvalue weighted by atomic mass is 35.5. The maximum Gasteiger partial charge on any atom is 0.329 e. The first kappa shape index (κ1) is 10.9. The third kappa shape index (κ3) is 2.02. The normalized spacial score (nSPS) is 11.0. The SMILES string of the molecule is CN(C(=O)Cl)S(=O)(=O)c1ccccn1. The van der Waals surface area contributed by atoms with Crippen LogP contribution in [-0.2, 0) is 10.0 Å². The monoisotopic (exact) mass is 234 g/mol.